The van der Waals surface area contributed by atoms with Gasteiger partial charge in [0.2, 0.25) is 5.96 Å². The van der Waals surface area contributed by atoms with Gasteiger partial charge in [-0.1, -0.05) is 6.07 Å². The Hall–Kier alpha value is -4.01. The Morgan fingerprint density at radius 2 is 1.83 bits per heavy atom. The Bertz CT molecular complexity index is 1220. The first-order valence-corrected chi connectivity index (χ1v) is 11.5. The van der Waals surface area contributed by atoms with Gasteiger partial charge in [0.05, 0.1) is 17.9 Å². The van der Waals surface area contributed by atoms with Crippen LogP contribution in [0, 0.1) is 19.7 Å². The van der Waals surface area contributed by atoms with Crippen LogP contribution in [0.3, 0.4) is 0 Å². The van der Waals surface area contributed by atoms with Crippen LogP contribution in [0.4, 0.5) is 10.1 Å². The number of benzene rings is 2. The molecular formula is C26H30FN5O3. The molecule has 0 unspecified atom stereocenters. The SMILES string of the molecule is CCOC(=O)c1ccc(NC(=NCCc2c(C)nn(CC)c2C)NC(=O)c2cccc(F)c2)cc1. The summed E-state index contributed by atoms with van der Waals surface area (Å²) in [6.45, 7) is 9.25. The summed E-state index contributed by atoms with van der Waals surface area (Å²) in [4.78, 5) is 29.2. The zero-order chi connectivity index (χ0) is 25.4. The average molecular weight is 480 g/mol. The van der Waals surface area contributed by atoms with Crippen molar-refractivity contribution in [3.05, 3.63) is 82.4 Å². The number of nitrogens with zero attached hydrogens (tertiary/aromatic N) is 3. The summed E-state index contributed by atoms with van der Waals surface area (Å²) in [7, 11) is 0. The molecule has 1 heterocycles. The van der Waals surface area contributed by atoms with E-state index in [1.54, 1.807) is 31.2 Å². The fourth-order valence-electron chi connectivity index (χ4n) is 3.64. The van der Waals surface area contributed by atoms with Crippen molar-refractivity contribution in [1.29, 1.82) is 0 Å². The van der Waals surface area contributed by atoms with Crippen molar-refractivity contribution in [2.45, 2.75) is 40.7 Å². The van der Waals surface area contributed by atoms with Crippen LogP contribution in [0.1, 0.15) is 51.5 Å². The van der Waals surface area contributed by atoms with Gasteiger partial charge in [0.25, 0.3) is 5.91 Å². The number of carbonyl (C=O) groups is 2. The Kier molecular flexibility index (Phi) is 8.72. The van der Waals surface area contributed by atoms with E-state index in [0.29, 0.717) is 24.2 Å². The van der Waals surface area contributed by atoms with Gasteiger partial charge in [-0.15, -0.1) is 0 Å². The van der Waals surface area contributed by atoms with Crippen LogP contribution in [0.25, 0.3) is 0 Å². The lowest BCUT2D eigenvalue weighted by atomic mass is 10.1. The third-order valence-electron chi connectivity index (χ3n) is 5.44. The van der Waals surface area contributed by atoms with Crippen LogP contribution >= 0.6 is 0 Å². The predicted octanol–water partition coefficient (Wildman–Crippen LogP) is 4.28. The number of nitrogens with one attached hydrogen (secondary N) is 2. The Labute approximate surface area is 204 Å². The molecule has 0 radical (unpaired) electrons. The fourth-order valence-corrected chi connectivity index (χ4v) is 3.64. The van der Waals surface area contributed by atoms with Crippen LogP contribution in [0.2, 0.25) is 0 Å². The Morgan fingerprint density at radius 1 is 1.09 bits per heavy atom. The van der Waals surface area contributed by atoms with Gasteiger partial charge in [0.15, 0.2) is 0 Å². The normalized spacial score (nSPS) is 11.3. The van der Waals surface area contributed by atoms with Gasteiger partial charge in [-0.3, -0.25) is 19.8 Å². The van der Waals surface area contributed by atoms with E-state index in [9.17, 15) is 14.0 Å². The van der Waals surface area contributed by atoms with Gasteiger partial charge >= 0.3 is 5.97 Å². The van der Waals surface area contributed by atoms with Crippen molar-refractivity contribution in [3.8, 4) is 0 Å². The lowest BCUT2D eigenvalue weighted by Gasteiger charge is -2.13. The maximum atomic E-state index is 13.6. The van der Waals surface area contributed by atoms with E-state index < -0.39 is 17.7 Å². The quantitative estimate of drug-likeness (QED) is 0.286. The van der Waals surface area contributed by atoms with Gasteiger partial charge in [0, 0.05) is 30.0 Å². The van der Waals surface area contributed by atoms with Crippen LogP contribution in [-0.2, 0) is 17.7 Å². The van der Waals surface area contributed by atoms with E-state index in [2.05, 4.69) is 20.7 Å². The minimum atomic E-state index is -0.502. The number of halogens is 1. The number of aryl methyl sites for hydroxylation is 2. The molecule has 0 fully saturated rings. The number of aromatic nitrogens is 2. The second-order valence-electron chi connectivity index (χ2n) is 7.83. The van der Waals surface area contributed by atoms with Gasteiger partial charge in [0.1, 0.15) is 5.82 Å². The highest BCUT2D eigenvalue weighted by Crippen LogP contribution is 2.14. The lowest BCUT2D eigenvalue weighted by Crippen LogP contribution is -2.36. The molecule has 2 aromatic carbocycles. The number of hydrogen-bond donors (Lipinski definition) is 2. The highest BCUT2D eigenvalue weighted by atomic mass is 19.1. The van der Waals surface area contributed by atoms with Crippen molar-refractivity contribution in [3.63, 3.8) is 0 Å². The van der Waals surface area contributed by atoms with Crippen molar-refractivity contribution >= 4 is 23.5 Å². The number of aliphatic imine (C=N–C) groups is 1. The number of amides is 1. The summed E-state index contributed by atoms with van der Waals surface area (Å²) in [5.41, 5.74) is 4.36. The summed E-state index contributed by atoms with van der Waals surface area (Å²) in [5, 5.41) is 10.3. The monoisotopic (exact) mass is 479 g/mol. The van der Waals surface area contributed by atoms with Crippen LogP contribution in [0.5, 0.6) is 0 Å². The van der Waals surface area contributed by atoms with Crippen molar-refractivity contribution in [1.82, 2.24) is 15.1 Å². The molecule has 3 rings (SSSR count). The molecule has 184 valence electrons. The number of guanidine groups is 1. The molecule has 0 aliphatic carbocycles. The zero-order valence-electron chi connectivity index (χ0n) is 20.4. The first-order chi connectivity index (χ1) is 16.8. The van der Waals surface area contributed by atoms with Crippen LogP contribution in [-0.4, -0.2) is 40.8 Å². The highest BCUT2D eigenvalue weighted by Gasteiger charge is 2.13. The summed E-state index contributed by atoms with van der Waals surface area (Å²) in [6, 6.07) is 12.1. The third-order valence-corrected chi connectivity index (χ3v) is 5.44. The first kappa shape index (κ1) is 25.6. The molecule has 3 aromatic rings. The Balaban J connectivity index is 1.79. The molecule has 0 spiro atoms. The smallest absolute Gasteiger partial charge is 0.338 e. The molecule has 0 saturated heterocycles. The minimum Gasteiger partial charge on any atom is -0.462 e. The molecule has 0 saturated carbocycles. The van der Waals surface area contributed by atoms with E-state index in [0.717, 1.165) is 29.6 Å². The number of esters is 1. The van der Waals surface area contributed by atoms with Gasteiger partial charge in [-0.05, 0) is 82.1 Å². The molecule has 0 bridgehead atoms. The molecule has 0 aliphatic heterocycles. The van der Waals surface area contributed by atoms with E-state index in [1.807, 2.05) is 25.5 Å². The van der Waals surface area contributed by atoms with E-state index in [1.165, 1.54) is 18.2 Å². The largest absolute Gasteiger partial charge is 0.462 e. The van der Waals surface area contributed by atoms with Crippen molar-refractivity contribution in [2.24, 2.45) is 4.99 Å². The molecule has 9 heteroatoms. The number of anilines is 1. The maximum Gasteiger partial charge on any atom is 0.338 e. The molecule has 1 amide bonds. The van der Waals surface area contributed by atoms with Gasteiger partial charge in [-0.25, -0.2) is 9.18 Å². The molecule has 0 atom stereocenters. The topological polar surface area (TPSA) is 97.6 Å². The van der Waals surface area contributed by atoms with Gasteiger partial charge < -0.3 is 10.1 Å². The summed E-state index contributed by atoms with van der Waals surface area (Å²) < 4.78 is 20.6. The first-order valence-electron chi connectivity index (χ1n) is 11.5. The number of carbonyl (C=O) groups excluding carboxylic acids is 2. The van der Waals surface area contributed by atoms with Crippen molar-refractivity contribution < 1.29 is 18.7 Å². The molecule has 1 aromatic heterocycles. The minimum absolute atomic E-state index is 0.174. The molecule has 2 N–H and O–H groups in total. The summed E-state index contributed by atoms with van der Waals surface area (Å²) in [5.74, 6) is -1.20. The van der Waals surface area contributed by atoms with E-state index >= 15 is 0 Å². The summed E-state index contributed by atoms with van der Waals surface area (Å²) >= 11 is 0. The second-order valence-corrected chi connectivity index (χ2v) is 7.83. The van der Waals surface area contributed by atoms with Crippen molar-refractivity contribution in [2.75, 3.05) is 18.5 Å². The van der Waals surface area contributed by atoms with E-state index in [4.69, 9.17) is 4.74 Å². The number of rotatable bonds is 8. The average Bonchev–Trinajstić information content (AvgIpc) is 3.12. The Morgan fingerprint density at radius 3 is 2.46 bits per heavy atom. The highest BCUT2D eigenvalue weighted by molar-refractivity contribution is 6.10. The second kappa shape index (κ2) is 11.9. The van der Waals surface area contributed by atoms with Gasteiger partial charge in [-0.2, -0.15) is 5.10 Å². The van der Waals surface area contributed by atoms with Crippen LogP contribution < -0.4 is 10.6 Å². The third kappa shape index (κ3) is 6.75. The molecule has 8 nitrogen and oxygen atoms in total. The maximum absolute atomic E-state index is 13.6. The van der Waals surface area contributed by atoms with E-state index in [-0.39, 0.29) is 18.1 Å². The molecule has 35 heavy (non-hydrogen) atoms. The molecular weight excluding hydrogens is 449 g/mol. The number of hydrogen-bond acceptors (Lipinski definition) is 5. The summed E-state index contributed by atoms with van der Waals surface area (Å²) in [6.07, 6.45) is 0.639. The fraction of sp³-hybridized carbons (Fsp3) is 0.308. The van der Waals surface area contributed by atoms with Crippen LogP contribution in [0.15, 0.2) is 53.5 Å². The lowest BCUT2D eigenvalue weighted by molar-refractivity contribution is 0.0526. The standard InChI is InChI=1S/C26H30FN5O3/c1-5-32-18(4)23(17(3)31-32)14-15-28-26(30-24(33)20-8-7-9-21(27)16-20)29-22-12-10-19(11-13-22)25(34)35-6-2/h7-13,16H,5-6,14-15H2,1-4H3,(H2,28,29,30,33). The zero-order valence-corrected chi connectivity index (χ0v) is 20.4. The number of ether oxygens (including phenoxy) is 1. The predicted molar refractivity (Wildman–Crippen MR) is 133 cm³/mol. The molecule has 0 aliphatic rings.